The standard InChI is InChI=1S/C13H16BrNO/c1-15(12-5-6-12)8-7-13(16)10-3-2-4-11(14)9-10/h2-4,9,12H,5-8H2,1H3. The van der Waals surface area contributed by atoms with Crippen LogP contribution in [-0.2, 0) is 0 Å². The molecule has 2 rings (SSSR count). The molecule has 0 radical (unpaired) electrons. The Morgan fingerprint density at radius 3 is 2.88 bits per heavy atom. The summed E-state index contributed by atoms with van der Waals surface area (Å²) in [4.78, 5) is 14.2. The van der Waals surface area contributed by atoms with E-state index >= 15 is 0 Å². The topological polar surface area (TPSA) is 20.3 Å². The Labute approximate surface area is 105 Å². The Hall–Kier alpha value is -0.670. The lowest BCUT2D eigenvalue weighted by Gasteiger charge is -2.14. The number of halogens is 1. The van der Waals surface area contributed by atoms with E-state index < -0.39 is 0 Å². The minimum atomic E-state index is 0.230. The van der Waals surface area contributed by atoms with Crippen LogP contribution in [0.15, 0.2) is 28.7 Å². The van der Waals surface area contributed by atoms with Crippen LogP contribution in [0.4, 0.5) is 0 Å². The van der Waals surface area contributed by atoms with Crippen LogP contribution in [0.25, 0.3) is 0 Å². The molecule has 3 heteroatoms. The van der Waals surface area contributed by atoms with Gasteiger partial charge in [-0.15, -0.1) is 0 Å². The normalized spacial score (nSPS) is 15.4. The fourth-order valence-corrected chi connectivity index (χ4v) is 2.18. The molecule has 0 spiro atoms. The molecule has 0 aliphatic heterocycles. The first-order chi connectivity index (χ1) is 7.66. The van der Waals surface area contributed by atoms with Gasteiger partial charge in [0.15, 0.2) is 5.78 Å². The van der Waals surface area contributed by atoms with Crippen LogP contribution in [0, 0.1) is 0 Å². The van der Waals surface area contributed by atoms with Crippen LogP contribution in [-0.4, -0.2) is 30.3 Å². The summed E-state index contributed by atoms with van der Waals surface area (Å²) in [6.45, 7) is 0.871. The highest BCUT2D eigenvalue weighted by molar-refractivity contribution is 9.10. The van der Waals surface area contributed by atoms with E-state index in [2.05, 4.69) is 27.9 Å². The van der Waals surface area contributed by atoms with Gasteiger partial charge in [-0.05, 0) is 32.0 Å². The molecule has 0 saturated heterocycles. The van der Waals surface area contributed by atoms with Crippen molar-refractivity contribution in [2.45, 2.75) is 25.3 Å². The predicted octanol–water partition coefficient (Wildman–Crippen LogP) is 3.12. The molecule has 0 bridgehead atoms. The third kappa shape index (κ3) is 3.16. The molecule has 1 aromatic rings. The van der Waals surface area contributed by atoms with Crippen molar-refractivity contribution in [3.8, 4) is 0 Å². The lowest BCUT2D eigenvalue weighted by molar-refractivity contribution is 0.0968. The minimum Gasteiger partial charge on any atom is -0.303 e. The van der Waals surface area contributed by atoms with Crippen LogP contribution in [0.5, 0.6) is 0 Å². The average Bonchev–Trinajstić information content (AvgIpc) is 3.09. The monoisotopic (exact) mass is 281 g/mol. The first-order valence-electron chi connectivity index (χ1n) is 5.66. The number of rotatable bonds is 5. The molecule has 1 aliphatic carbocycles. The van der Waals surface area contributed by atoms with E-state index in [0.717, 1.165) is 22.6 Å². The average molecular weight is 282 g/mol. The summed E-state index contributed by atoms with van der Waals surface area (Å²) < 4.78 is 0.967. The van der Waals surface area contributed by atoms with Crippen LogP contribution in [0.1, 0.15) is 29.6 Å². The molecule has 1 aliphatic rings. The van der Waals surface area contributed by atoms with Crippen molar-refractivity contribution in [2.75, 3.05) is 13.6 Å². The number of nitrogens with zero attached hydrogens (tertiary/aromatic N) is 1. The van der Waals surface area contributed by atoms with Gasteiger partial charge in [0, 0.05) is 29.0 Å². The van der Waals surface area contributed by atoms with Gasteiger partial charge in [-0.3, -0.25) is 4.79 Å². The number of carbonyl (C=O) groups excluding carboxylic acids is 1. The summed E-state index contributed by atoms with van der Waals surface area (Å²) in [7, 11) is 2.10. The summed E-state index contributed by atoms with van der Waals surface area (Å²) >= 11 is 3.38. The second kappa shape index (κ2) is 5.11. The summed E-state index contributed by atoms with van der Waals surface area (Å²) in [5, 5.41) is 0. The van der Waals surface area contributed by atoms with Gasteiger partial charge in [0.05, 0.1) is 0 Å². The van der Waals surface area contributed by atoms with Crippen molar-refractivity contribution >= 4 is 21.7 Å². The summed E-state index contributed by atoms with van der Waals surface area (Å²) in [5.74, 6) is 0.230. The number of hydrogen-bond acceptors (Lipinski definition) is 2. The van der Waals surface area contributed by atoms with Gasteiger partial charge in [-0.25, -0.2) is 0 Å². The molecule has 1 fully saturated rings. The summed E-state index contributed by atoms with van der Waals surface area (Å²) in [5.41, 5.74) is 0.804. The molecule has 0 atom stereocenters. The van der Waals surface area contributed by atoms with Crippen molar-refractivity contribution < 1.29 is 4.79 Å². The highest BCUT2D eigenvalue weighted by Crippen LogP contribution is 2.25. The van der Waals surface area contributed by atoms with Crippen LogP contribution in [0.3, 0.4) is 0 Å². The highest BCUT2D eigenvalue weighted by Gasteiger charge is 2.25. The molecular formula is C13H16BrNO. The minimum absolute atomic E-state index is 0.230. The first-order valence-corrected chi connectivity index (χ1v) is 6.45. The number of hydrogen-bond donors (Lipinski definition) is 0. The fraction of sp³-hybridized carbons (Fsp3) is 0.462. The molecule has 86 valence electrons. The fourth-order valence-electron chi connectivity index (χ4n) is 1.78. The number of ketones is 1. The molecule has 1 saturated carbocycles. The van der Waals surface area contributed by atoms with Gasteiger partial charge in [-0.1, -0.05) is 28.1 Å². The van der Waals surface area contributed by atoms with Crippen molar-refractivity contribution in [3.63, 3.8) is 0 Å². The van der Waals surface area contributed by atoms with Crippen LogP contribution < -0.4 is 0 Å². The van der Waals surface area contributed by atoms with E-state index in [9.17, 15) is 4.79 Å². The number of Topliss-reactive ketones (excluding diaryl/α,β-unsaturated/α-hetero) is 1. The maximum absolute atomic E-state index is 11.9. The van der Waals surface area contributed by atoms with Gasteiger partial charge >= 0.3 is 0 Å². The summed E-state index contributed by atoms with van der Waals surface area (Å²) in [6, 6.07) is 8.34. The molecule has 0 aromatic heterocycles. The van der Waals surface area contributed by atoms with E-state index in [-0.39, 0.29) is 5.78 Å². The lowest BCUT2D eigenvalue weighted by atomic mass is 10.1. The Balaban J connectivity index is 1.87. The van der Waals surface area contributed by atoms with Crippen molar-refractivity contribution in [3.05, 3.63) is 34.3 Å². The molecule has 0 amide bonds. The molecule has 0 N–H and O–H groups in total. The van der Waals surface area contributed by atoms with E-state index in [1.54, 1.807) is 0 Å². The molecule has 16 heavy (non-hydrogen) atoms. The Bertz CT molecular complexity index is 387. The van der Waals surface area contributed by atoms with E-state index in [0.29, 0.717) is 6.42 Å². The van der Waals surface area contributed by atoms with Crippen LogP contribution in [0.2, 0.25) is 0 Å². The molecule has 1 aromatic carbocycles. The first kappa shape index (κ1) is 11.8. The third-order valence-electron chi connectivity index (χ3n) is 3.01. The maximum Gasteiger partial charge on any atom is 0.164 e. The SMILES string of the molecule is CN(CCC(=O)c1cccc(Br)c1)C1CC1. The Kier molecular flexibility index (Phi) is 3.77. The lowest BCUT2D eigenvalue weighted by Crippen LogP contribution is -2.23. The van der Waals surface area contributed by atoms with E-state index in [4.69, 9.17) is 0 Å². The Morgan fingerprint density at radius 2 is 2.25 bits per heavy atom. The zero-order valence-corrected chi connectivity index (χ0v) is 11.0. The van der Waals surface area contributed by atoms with Gasteiger partial charge < -0.3 is 4.90 Å². The maximum atomic E-state index is 11.9. The second-order valence-corrected chi connectivity index (χ2v) is 5.31. The van der Waals surface area contributed by atoms with E-state index in [1.165, 1.54) is 12.8 Å². The predicted molar refractivity (Wildman–Crippen MR) is 68.7 cm³/mol. The third-order valence-corrected chi connectivity index (χ3v) is 3.50. The smallest absolute Gasteiger partial charge is 0.164 e. The van der Waals surface area contributed by atoms with Gasteiger partial charge in [0.1, 0.15) is 0 Å². The van der Waals surface area contributed by atoms with Crippen molar-refractivity contribution in [2.24, 2.45) is 0 Å². The van der Waals surface area contributed by atoms with Gasteiger partial charge in [-0.2, -0.15) is 0 Å². The zero-order valence-electron chi connectivity index (χ0n) is 9.45. The Morgan fingerprint density at radius 1 is 1.50 bits per heavy atom. The highest BCUT2D eigenvalue weighted by atomic mass is 79.9. The molecular weight excluding hydrogens is 266 g/mol. The van der Waals surface area contributed by atoms with Crippen LogP contribution >= 0.6 is 15.9 Å². The number of benzene rings is 1. The van der Waals surface area contributed by atoms with Gasteiger partial charge in [0.2, 0.25) is 0 Å². The zero-order chi connectivity index (χ0) is 11.5. The molecule has 2 nitrogen and oxygen atoms in total. The van der Waals surface area contributed by atoms with E-state index in [1.807, 2.05) is 24.3 Å². The molecule has 0 heterocycles. The quantitative estimate of drug-likeness (QED) is 0.773. The second-order valence-electron chi connectivity index (χ2n) is 4.40. The number of carbonyl (C=O) groups is 1. The largest absolute Gasteiger partial charge is 0.303 e. The van der Waals surface area contributed by atoms with Gasteiger partial charge in [0.25, 0.3) is 0 Å². The van der Waals surface area contributed by atoms with Crippen molar-refractivity contribution in [1.29, 1.82) is 0 Å². The summed E-state index contributed by atoms with van der Waals surface area (Å²) in [6.07, 6.45) is 3.20. The van der Waals surface area contributed by atoms with Crippen molar-refractivity contribution in [1.82, 2.24) is 4.90 Å². The molecule has 0 unspecified atom stereocenters.